The van der Waals surface area contributed by atoms with Gasteiger partial charge in [-0.25, -0.2) is 0 Å². The second-order valence-electron chi connectivity index (χ2n) is 2.98. The summed E-state index contributed by atoms with van der Waals surface area (Å²) in [6, 6.07) is 7.38. The SMILES string of the molecule is CC(=O)Oc1ccc(C2CO2)cc1. The third kappa shape index (κ3) is 2.06. The van der Waals surface area contributed by atoms with Crippen molar-refractivity contribution in [1.29, 1.82) is 0 Å². The normalized spacial score (nSPS) is 19.6. The van der Waals surface area contributed by atoms with E-state index in [1.54, 1.807) is 12.1 Å². The standard InChI is InChI=1S/C10H10O3/c1-7(11)13-9-4-2-8(3-5-9)10-6-12-10/h2-5,10H,6H2,1H3. The van der Waals surface area contributed by atoms with E-state index < -0.39 is 0 Å². The van der Waals surface area contributed by atoms with Gasteiger partial charge in [0.15, 0.2) is 0 Å². The van der Waals surface area contributed by atoms with Crippen molar-refractivity contribution in [2.75, 3.05) is 6.61 Å². The summed E-state index contributed by atoms with van der Waals surface area (Å²) in [6.45, 7) is 2.19. The molecule has 1 atom stereocenters. The van der Waals surface area contributed by atoms with E-state index in [0.717, 1.165) is 12.2 Å². The number of carbonyl (C=O) groups excluding carboxylic acids is 1. The fourth-order valence-corrected chi connectivity index (χ4v) is 1.16. The summed E-state index contributed by atoms with van der Waals surface area (Å²) in [7, 11) is 0. The van der Waals surface area contributed by atoms with Crippen LogP contribution in [0.3, 0.4) is 0 Å². The van der Waals surface area contributed by atoms with Crippen molar-refractivity contribution in [3.8, 4) is 5.75 Å². The van der Waals surface area contributed by atoms with Crippen molar-refractivity contribution in [2.24, 2.45) is 0 Å². The molecule has 3 heteroatoms. The van der Waals surface area contributed by atoms with Gasteiger partial charge in [0.25, 0.3) is 0 Å². The molecule has 3 nitrogen and oxygen atoms in total. The number of esters is 1. The Morgan fingerprint density at radius 2 is 2.08 bits per heavy atom. The molecule has 1 aliphatic heterocycles. The molecule has 68 valence electrons. The van der Waals surface area contributed by atoms with Crippen molar-refractivity contribution < 1.29 is 14.3 Å². The Hall–Kier alpha value is -1.35. The molecule has 1 aromatic rings. The molecule has 0 N–H and O–H groups in total. The minimum Gasteiger partial charge on any atom is -0.427 e. The van der Waals surface area contributed by atoms with Crippen LogP contribution in [-0.2, 0) is 9.53 Å². The third-order valence-corrected chi connectivity index (χ3v) is 1.85. The second kappa shape index (κ2) is 3.18. The fourth-order valence-electron chi connectivity index (χ4n) is 1.16. The molecule has 0 aliphatic carbocycles. The van der Waals surface area contributed by atoms with Crippen LogP contribution in [0.25, 0.3) is 0 Å². The Morgan fingerprint density at radius 3 is 2.54 bits per heavy atom. The summed E-state index contributed by atoms with van der Waals surface area (Å²) < 4.78 is 10.00. The molecular weight excluding hydrogens is 168 g/mol. The molecule has 1 saturated heterocycles. The van der Waals surface area contributed by atoms with E-state index in [4.69, 9.17) is 9.47 Å². The lowest BCUT2D eigenvalue weighted by Crippen LogP contribution is -2.00. The van der Waals surface area contributed by atoms with Crippen LogP contribution >= 0.6 is 0 Å². The first-order valence-corrected chi connectivity index (χ1v) is 4.16. The highest BCUT2D eigenvalue weighted by Gasteiger charge is 2.24. The van der Waals surface area contributed by atoms with Gasteiger partial charge in [0.05, 0.1) is 6.61 Å². The van der Waals surface area contributed by atoms with Crippen LogP contribution in [0, 0.1) is 0 Å². The Kier molecular flexibility index (Phi) is 2.02. The summed E-state index contributed by atoms with van der Waals surface area (Å²) in [6.07, 6.45) is 0.256. The highest BCUT2D eigenvalue weighted by atomic mass is 16.6. The fraction of sp³-hybridized carbons (Fsp3) is 0.300. The van der Waals surface area contributed by atoms with Crippen molar-refractivity contribution in [2.45, 2.75) is 13.0 Å². The van der Waals surface area contributed by atoms with Crippen LogP contribution in [0.5, 0.6) is 5.75 Å². The molecule has 1 fully saturated rings. The summed E-state index contributed by atoms with van der Waals surface area (Å²) in [5.74, 6) is 0.285. The van der Waals surface area contributed by atoms with Crippen molar-refractivity contribution in [3.63, 3.8) is 0 Å². The number of benzene rings is 1. The lowest BCUT2D eigenvalue weighted by molar-refractivity contribution is -0.131. The van der Waals surface area contributed by atoms with Crippen LogP contribution < -0.4 is 4.74 Å². The van der Waals surface area contributed by atoms with Gasteiger partial charge in [-0.2, -0.15) is 0 Å². The first kappa shape index (κ1) is 8.26. The first-order valence-electron chi connectivity index (χ1n) is 4.16. The summed E-state index contributed by atoms with van der Waals surface area (Å²) in [5, 5.41) is 0. The predicted molar refractivity (Wildman–Crippen MR) is 46.4 cm³/mol. The molecule has 1 aromatic carbocycles. The zero-order valence-electron chi connectivity index (χ0n) is 7.32. The Balaban J connectivity index is 2.08. The van der Waals surface area contributed by atoms with Crippen LogP contribution in [0.15, 0.2) is 24.3 Å². The molecule has 0 aromatic heterocycles. The molecule has 0 radical (unpaired) electrons. The van der Waals surface area contributed by atoms with Gasteiger partial charge >= 0.3 is 5.97 Å². The smallest absolute Gasteiger partial charge is 0.308 e. The van der Waals surface area contributed by atoms with Crippen LogP contribution in [0.1, 0.15) is 18.6 Å². The van der Waals surface area contributed by atoms with Crippen LogP contribution in [0.2, 0.25) is 0 Å². The maximum Gasteiger partial charge on any atom is 0.308 e. The number of hydrogen-bond acceptors (Lipinski definition) is 3. The molecule has 1 aliphatic rings. The van der Waals surface area contributed by atoms with E-state index in [1.807, 2.05) is 12.1 Å². The average Bonchev–Trinajstić information content (AvgIpc) is 2.87. The summed E-state index contributed by atoms with van der Waals surface area (Å²) >= 11 is 0. The highest BCUT2D eigenvalue weighted by Crippen LogP contribution is 2.30. The van der Waals surface area contributed by atoms with Crippen molar-refractivity contribution in [3.05, 3.63) is 29.8 Å². The zero-order chi connectivity index (χ0) is 9.26. The lowest BCUT2D eigenvalue weighted by atomic mass is 10.2. The lowest BCUT2D eigenvalue weighted by Gasteiger charge is -2.01. The second-order valence-corrected chi connectivity index (χ2v) is 2.98. The zero-order valence-corrected chi connectivity index (χ0v) is 7.32. The molecule has 0 bridgehead atoms. The van der Waals surface area contributed by atoms with E-state index in [9.17, 15) is 4.79 Å². The Labute approximate surface area is 76.3 Å². The average molecular weight is 178 g/mol. The molecule has 0 saturated carbocycles. The van der Waals surface area contributed by atoms with E-state index in [2.05, 4.69) is 0 Å². The molecule has 13 heavy (non-hydrogen) atoms. The summed E-state index contributed by atoms with van der Waals surface area (Å²) in [5.41, 5.74) is 1.14. The van der Waals surface area contributed by atoms with Gasteiger partial charge in [0.1, 0.15) is 11.9 Å². The number of rotatable bonds is 2. The largest absolute Gasteiger partial charge is 0.427 e. The van der Waals surface area contributed by atoms with Gasteiger partial charge in [-0.15, -0.1) is 0 Å². The predicted octanol–water partition coefficient (Wildman–Crippen LogP) is 1.68. The van der Waals surface area contributed by atoms with Gasteiger partial charge in [0, 0.05) is 6.92 Å². The monoisotopic (exact) mass is 178 g/mol. The van der Waals surface area contributed by atoms with E-state index in [1.165, 1.54) is 6.92 Å². The maximum atomic E-state index is 10.6. The van der Waals surface area contributed by atoms with Gasteiger partial charge in [-0.1, -0.05) is 12.1 Å². The molecule has 1 unspecified atom stereocenters. The van der Waals surface area contributed by atoms with Crippen LogP contribution in [0.4, 0.5) is 0 Å². The van der Waals surface area contributed by atoms with Gasteiger partial charge in [-0.3, -0.25) is 4.79 Å². The topological polar surface area (TPSA) is 38.8 Å². The molecule has 0 spiro atoms. The number of ether oxygens (including phenoxy) is 2. The maximum absolute atomic E-state index is 10.6. The highest BCUT2D eigenvalue weighted by molar-refractivity contribution is 5.69. The Bertz CT molecular complexity index is 311. The van der Waals surface area contributed by atoms with Crippen molar-refractivity contribution in [1.82, 2.24) is 0 Å². The minimum atomic E-state index is -0.296. The number of hydrogen-bond donors (Lipinski definition) is 0. The molecule has 0 amide bonds. The van der Waals surface area contributed by atoms with Gasteiger partial charge < -0.3 is 9.47 Å². The number of carbonyl (C=O) groups is 1. The summed E-state index contributed by atoms with van der Waals surface area (Å²) in [4.78, 5) is 10.6. The van der Waals surface area contributed by atoms with E-state index in [-0.39, 0.29) is 12.1 Å². The molecular formula is C10H10O3. The van der Waals surface area contributed by atoms with Gasteiger partial charge in [-0.05, 0) is 17.7 Å². The molecule has 1 heterocycles. The van der Waals surface area contributed by atoms with E-state index >= 15 is 0 Å². The first-order chi connectivity index (χ1) is 6.25. The minimum absolute atomic E-state index is 0.256. The quantitative estimate of drug-likeness (QED) is 0.393. The molecule has 2 rings (SSSR count). The number of epoxide rings is 1. The Morgan fingerprint density at radius 1 is 1.46 bits per heavy atom. The van der Waals surface area contributed by atoms with Gasteiger partial charge in [0.2, 0.25) is 0 Å². The van der Waals surface area contributed by atoms with E-state index in [0.29, 0.717) is 5.75 Å². The van der Waals surface area contributed by atoms with Crippen molar-refractivity contribution >= 4 is 5.97 Å². The van der Waals surface area contributed by atoms with Crippen LogP contribution in [-0.4, -0.2) is 12.6 Å². The third-order valence-electron chi connectivity index (χ3n) is 1.85.